The molecule has 2 N–H and O–H groups in total. The van der Waals surface area contributed by atoms with E-state index in [-0.39, 0.29) is 11.5 Å². The fourth-order valence-corrected chi connectivity index (χ4v) is 2.92. The molecule has 0 amide bonds. The zero-order valence-electron chi connectivity index (χ0n) is 9.25. The molecule has 0 heterocycles. The molecule has 76 valence electrons. The smallest absolute Gasteiger partial charge is 0.0158 e. The van der Waals surface area contributed by atoms with Crippen LogP contribution in [0.5, 0.6) is 0 Å². The van der Waals surface area contributed by atoms with Crippen molar-refractivity contribution in [2.75, 3.05) is 0 Å². The van der Waals surface area contributed by atoms with Gasteiger partial charge in [-0.1, -0.05) is 44.2 Å². The molecular formula is C13H19N. The average Bonchev–Trinajstić information content (AvgIpc) is 2.72. The summed E-state index contributed by atoms with van der Waals surface area (Å²) in [5.41, 5.74) is 8.12. The Morgan fingerprint density at radius 1 is 1.21 bits per heavy atom. The minimum atomic E-state index is 0.217. The summed E-state index contributed by atoms with van der Waals surface area (Å²) in [6, 6.07) is 10.9. The Bertz CT molecular complexity index is 326. The van der Waals surface area contributed by atoms with Crippen molar-refractivity contribution in [1.29, 1.82) is 0 Å². The molecule has 1 heteroatoms. The largest absolute Gasteiger partial charge is 0.327 e. The fourth-order valence-electron chi connectivity index (χ4n) is 2.92. The second-order valence-corrected chi connectivity index (χ2v) is 5.19. The van der Waals surface area contributed by atoms with Gasteiger partial charge in [-0.05, 0) is 24.3 Å². The minimum Gasteiger partial charge on any atom is -0.327 e. The molecule has 1 aromatic rings. The Morgan fingerprint density at radius 2 is 1.71 bits per heavy atom. The van der Waals surface area contributed by atoms with Gasteiger partial charge in [0.15, 0.2) is 0 Å². The molecular weight excluding hydrogens is 170 g/mol. The van der Waals surface area contributed by atoms with Crippen molar-refractivity contribution in [2.45, 2.75) is 38.6 Å². The number of hydrogen-bond acceptors (Lipinski definition) is 1. The third-order valence-corrected chi connectivity index (χ3v) is 3.87. The number of benzene rings is 1. The van der Waals surface area contributed by atoms with Crippen molar-refractivity contribution in [3.63, 3.8) is 0 Å². The summed E-state index contributed by atoms with van der Waals surface area (Å²) >= 11 is 0. The Labute approximate surface area is 86.3 Å². The standard InChI is InChI=1S/C13H19N/c1-10(14)13(9-12(13,2)3)11-7-5-4-6-8-11/h4-8,10H,9,14H2,1-3H3/t10-,13?/m0/s1. The molecule has 1 aromatic carbocycles. The maximum atomic E-state index is 6.14. The Hall–Kier alpha value is -0.820. The van der Waals surface area contributed by atoms with E-state index in [2.05, 4.69) is 51.1 Å². The van der Waals surface area contributed by atoms with Crippen LogP contribution in [0.1, 0.15) is 32.8 Å². The second kappa shape index (κ2) is 2.83. The number of nitrogens with two attached hydrogens (primary N) is 1. The molecule has 2 rings (SSSR count). The van der Waals surface area contributed by atoms with E-state index in [0.717, 1.165) is 0 Å². The van der Waals surface area contributed by atoms with Crippen LogP contribution < -0.4 is 5.73 Å². The maximum Gasteiger partial charge on any atom is 0.0158 e. The van der Waals surface area contributed by atoms with Crippen LogP contribution in [0, 0.1) is 5.41 Å². The first-order valence-electron chi connectivity index (χ1n) is 5.32. The van der Waals surface area contributed by atoms with Crippen LogP contribution in [0.25, 0.3) is 0 Å². The van der Waals surface area contributed by atoms with Crippen LogP contribution in [-0.4, -0.2) is 6.04 Å². The highest BCUT2D eigenvalue weighted by molar-refractivity contribution is 5.39. The molecule has 1 unspecified atom stereocenters. The van der Waals surface area contributed by atoms with Gasteiger partial charge in [0.1, 0.15) is 0 Å². The lowest BCUT2D eigenvalue weighted by molar-refractivity contribution is 0.434. The summed E-state index contributed by atoms with van der Waals surface area (Å²) in [6.07, 6.45) is 1.21. The molecule has 1 saturated carbocycles. The van der Waals surface area contributed by atoms with E-state index in [1.54, 1.807) is 0 Å². The van der Waals surface area contributed by atoms with Crippen LogP contribution in [0.2, 0.25) is 0 Å². The molecule has 0 aromatic heterocycles. The zero-order valence-corrected chi connectivity index (χ0v) is 9.25. The Balaban J connectivity index is 2.42. The molecule has 1 nitrogen and oxygen atoms in total. The molecule has 14 heavy (non-hydrogen) atoms. The molecule has 2 atom stereocenters. The van der Waals surface area contributed by atoms with Gasteiger partial charge in [0.05, 0.1) is 0 Å². The van der Waals surface area contributed by atoms with E-state index < -0.39 is 0 Å². The van der Waals surface area contributed by atoms with E-state index >= 15 is 0 Å². The van der Waals surface area contributed by atoms with E-state index in [1.807, 2.05) is 0 Å². The van der Waals surface area contributed by atoms with Crippen LogP contribution in [0.4, 0.5) is 0 Å². The van der Waals surface area contributed by atoms with Gasteiger partial charge in [0, 0.05) is 11.5 Å². The van der Waals surface area contributed by atoms with Gasteiger partial charge in [-0.3, -0.25) is 0 Å². The van der Waals surface area contributed by atoms with Crippen molar-refractivity contribution in [3.05, 3.63) is 35.9 Å². The van der Waals surface area contributed by atoms with Crippen LogP contribution in [0.3, 0.4) is 0 Å². The molecule has 0 spiro atoms. The van der Waals surface area contributed by atoms with Gasteiger partial charge in [-0.15, -0.1) is 0 Å². The summed E-state index contributed by atoms with van der Waals surface area (Å²) in [4.78, 5) is 0. The van der Waals surface area contributed by atoms with Crippen molar-refractivity contribution >= 4 is 0 Å². The quantitative estimate of drug-likeness (QED) is 0.760. The SMILES string of the molecule is C[C@H](N)C1(c2ccccc2)CC1(C)C. The first kappa shape index (κ1) is 9.72. The van der Waals surface area contributed by atoms with E-state index in [0.29, 0.717) is 5.41 Å². The summed E-state index contributed by atoms with van der Waals surface area (Å²) < 4.78 is 0. The molecule has 1 fully saturated rings. The third-order valence-electron chi connectivity index (χ3n) is 3.87. The van der Waals surface area contributed by atoms with Crippen molar-refractivity contribution < 1.29 is 0 Å². The Morgan fingerprint density at radius 3 is 2.07 bits per heavy atom. The summed E-state index contributed by atoms with van der Waals surface area (Å²) in [5.74, 6) is 0. The lowest BCUT2D eigenvalue weighted by atomic mass is 9.82. The molecule has 0 aliphatic heterocycles. The summed E-state index contributed by atoms with van der Waals surface area (Å²) in [6.45, 7) is 6.74. The minimum absolute atomic E-state index is 0.217. The zero-order chi connectivity index (χ0) is 10.4. The molecule has 1 aliphatic rings. The van der Waals surface area contributed by atoms with Gasteiger partial charge in [0.2, 0.25) is 0 Å². The van der Waals surface area contributed by atoms with Crippen LogP contribution >= 0.6 is 0 Å². The van der Waals surface area contributed by atoms with Crippen LogP contribution in [-0.2, 0) is 5.41 Å². The van der Waals surface area contributed by atoms with Gasteiger partial charge in [0.25, 0.3) is 0 Å². The maximum absolute atomic E-state index is 6.14. The fraction of sp³-hybridized carbons (Fsp3) is 0.538. The third kappa shape index (κ3) is 1.12. The average molecular weight is 189 g/mol. The van der Waals surface area contributed by atoms with Gasteiger partial charge < -0.3 is 5.73 Å². The van der Waals surface area contributed by atoms with Gasteiger partial charge in [-0.2, -0.15) is 0 Å². The van der Waals surface area contributed by atoms with E-state index in [4.69, 9.17) is 5.73 Å². The van der Waals surface area contributed by atoms with Gasteiger partial charge in [-0.25, -0.2) is 0 Å². The second-order valence-electron chi connectivity index (χ2n) is 5.19. The molecule has 0 saturated heterocycles. The molecule has 0 radical (unpaired) electrons. The highest BCUT2D eigenvalue weighted by atomic mass is 14.8. The molecule has 0 bridgehead atoms. The van der Waals surface area contributed by atoms with Crippen molar-refractivity contribution in [1.82, 2.24) is 0 Å². The highest BCUT2D eigenvalue weighted by Gasteiger charge is 2.63. The van der Waals surface area contributed by atoms with Crippen molar-refractivity contribution in [3.8, 4) is 0 Å². The van der Waals surface area contributed by atoms with Crippen LogP contribution in [0.15, 0.2) is 30.3 Å². The normalized spacial score (nSPS) is 31.1. The van der Waals surface area contributed by atoms with E-state index in [9.17, 15) is 0 Å². The summed E-state index contributed by atoms with van der Waals surface area (Å²) in [5, 5.41) is 0. The monoisotopic (exact) mass is 189 g/mol. The highest BCUT2D eigenvalue weighted by Crippen LogP contribution is 2.65. The molecule has 1 aliphatic carbocycles. The topological polar surface area (TPSA) is 26.0 Å². The number of hydrogen-bond donors (Lipinski definition) is 1. The van der Waals surface area contributed by atoms with Gasteiger partial charge >= 0.3 is 0 Å². The lowest BCUT2D eigenvalue weighted by Crippen LogP contribution is -2.35. The first-order chi connectivity index (χ1) is 6.51. The van der Waals surface area contributed by atoms with E-state index in [1.165, 1.54) is 12.0 Å². The predicted octanol–water partition coefficient (Wildman–Crippen LogP) is 2.70. The lowest BCUT2D eigenvalue weighted by Gasteiger charge is -2.25. The first-order valence-corrected chi connectivity index (χ1v) is 5.32. The van der Waals surface area contributed by atoms with Crippen molar-refractivity contribution in [2.24, 2.45) is 11.1 Å². The summed E-state index contributed by atoms with van der Waals surface area (Å²) in [7, 11) is 0. The Kier molecular flexibility index (Phi) is 1.97. The predicted molar refractivity (Wildman–Crippen MR) is 60.2 cm³/mol. The number of rotatable bonds is 2.